The van der Waals surface area contributed by atoms with Crippen LogP contribution in [0.3, 0.4) is 0 Å². The Morgan fingerprint density at radius 2 is 0.769 bits per heavy atom. The van der Waals surface area contributed by atoms with Gasteiger partial charge in [0.2, 0.25) is 0 Å². The zero-order chi connectivity index (χ0) is 48.9. The Kier molecular flexibility index (Phi) is 38.1. The van der Waals surface area contributed by atoms with Crippen molar-refractivity contribution in [2.45, 2.75) is 129 Å². The quantitative estimate of drug-likeness (QED) is 0.0253. The van der Waals surface area contributed by atoms with Crippen LogP contribution >= 0.6 is 0 Å². The molecule has 392 valence electrons. The molecule has 0 aromatic carbocycles. The molecule has 0 fully saturated rings. The molecule has 0 aliphatic heterocycles. The van der Waals surface area contributed by atoms with Gasteiger partial charge in [0.05, 0.1) is 93.7 Å². The number of aliphatic hydroxyl groups excluding tert-OH is 3. The maximum atomic E-state index is 11.6. The van der Waals surface area contributed by atoms with Gasteiger partial charge in [-0.05, 0) is 25.7 Å². The van der Waals surface area contributed by atoms with Gasteiger partial charge in [0.1, 0.15) is 0 Å². The fourth-order valence-electron chi connectivity index (χ4n) is 7.76. The van der Waals surface area contributed by atoms with Gasteiger partial charge in [-0.3, -0.25) is 23.8 Å². The van der Waals surface area contributed by atoms with Crippen molar-refractivity contribution in [1.82, 2.24) is 14.7 Å². The number of aliphatic hydroxyl groups is 3. The number of unbranched alkanes of at least 4 members (excludes halogenated alkanes) is 14. The molecule has 0 radical (unpaired) electrons. The molecule has 0 aromatic heterocycles. The summed E-state index contributed by atoms with van der Waals surface area (Å²) in [6.07, 6.45) is 20.1. The third-order valence-electron chi connectivity index (χ3n) is 11.7. The molecule has 65 heavy (non-hydrogen) atoms. The zero-order valence-electron chi connectivity index (χ0n) is 40.4. The summed E-state index contributed by atoms with van der Waals surface area (Å²) >= 11 is 0. The summed E-state index contributed by atoms with van der Waals surface area (Å²) < 4.78 is 120. The highest BCUT2D eigenvalue weighted by atomic mass is 32.2. The fourth-order valence-corrected chi connectivity index (χ4v) is 11.7. The molecule has 0 aromatic rings. The van der Waals surface area contributed by atoms with Crippen LogP contribution in [0.1, 0.15) is 123 Å². The zero-order valence-corrected chi connectivity index (χ0v) is 43.9. The second kappa shape index (κ2) is 38.3. The van der Waals surface area contributed by atoms with Crippen LogP contribution in [-0.2, 0) is 43.6 Å². The van der Waals surface area contributed by atoms with Gasteiger partial charge in [0.15, 0.2) is 0 Å². The van der Waals surface area contributed by atoms with Crippen molar-refractivity contribution in [3.63, 3.8) is 0 Å². The average molecular weight is 1020 g/mol. The Balaban J connectivity index is 6.58. The lowest BCUT2D eigenvalue weighted by Gasteiger charge is -2.37. The Labute approximate surface area is 395 Å². The van der Waals surface area contributed by atoms with Crippen LogP contribution in [0, 0.1) is 0 Å². The normalized spacial score (nSPS) is 13.3. The van der Waals surface area contributed by atoms with Gasteiger partial charge in [-0.2, -0.15) is 16.8 Å². The fraction of sp³-hybridized carbons (Fsp3) is 1.00. The molecule has 0 spiro atoms. The highest BCUT2D eigenvalue weighted by Crippen LogP contribution is 2.23. The van der Waals surface area contributed by atoms with E-state index in [2.05, 4.69) is 20.9 Å². The lowest BCUT2D eigenvalue weighted by molar-refractivity contribution is -0.910. The van der Waals surface area contributed by atoms with Gasteiger partial charge < -0.3 is 37.6 Å². The Morgan fingerprint density at radius 3 is 1.08 bits per heavy atom. The molecule has 0 saturated carbocycles. The lowest BCUT2D eigenvalue weighted by Crippen LogP contribution is -2.52. The van der Waals surface area contributed by atoms with Crippen molar-refractivity contribution >= 4 is 39.2 Å². The largest absolute Gasteiger partial charge is 0.748 e. The lowest BCUT2D eigenvalue weighted by atomic mass is 10.1. The van der Waals surface area contributed by atoms with Crippen LogP contribution in [0.4, 0.5) is 0 Å². The van der Waals surface area contributed by atoms with E-state index >= 15 is 0 Å². The number of hydrogen-bond acceptors (Lipinski definition) is 16. The predicted octanol–water partition coefficient (Wildman–Crippen LogP) is 3.30. The van der Waals surface area contributed by atoms with Gasteiger partial charge in [-0.25, -0.2) is 8.42 Å². The highest BCUT2D eigenvalue weighted by molar-refractivity contribution is 7.86. The first-order valence-electron chi connectivity index (χ1n) is 24.3. The van der Waals surface area contributed by atoms with Crippen molar-refractivity contribution in [2.24, 2.45) is 0 Å². The topological polar surface area (TPSA) is 264 Å². The van der Waals surface area contributed by atoms with Crippen molar-refractivity contribution in [2.75, 3.05) is 142 Å². The molecule has 0 amide bonds. The van der Waals surface area contributed by atoms with E-state index in [-0.39, 0.29) is 98.5 Å². The third-order valence-corrected chi connectivity index (χ3v) is 16.7. The minimum absolute atomic E-state index is 0.0156. The van der Waals surface area contributed by atoms with E-state index in [0.717, 1.165) is 49.8 Å². The van der Waals surface area contributed by atoms with Gasteiger partial charge in [-0.1, -0.05) is 90.9 Å². The van der Waals surface area contributed by atoms with Crippen LogP contribution in [-0.4, -0.2) is 225 Å². The summed E-state index contributed by atoms with van der Waals surface area (Å²) in [7, 11) is -14.6. The molecule has 0 bridgehead atoms. The standard InChI is InChI=1S/C42H92N4O15S3Si/c1-4-6-8-10-12-14-16-18-30-46(3,31-19-17-15-13-11-9-7-5-2)32-20-42-65(59-36-24-43(21-33-47)27-39-62(50,51)52,60-37-25-44(22-34-48)28-40-63(53,54)55)61-38-26-45(23-35-49)29-41-64(56,57)58/h47-49H,4-42H2,1-3H3,(H2-,50,51,52,53,54,55,56,57,58). The minimum Gasteiger partial charge on any atom is -0.748 e. The van der Waals surface area contributed by atoms with E-state index in [1.165, 1.54) is 77.0 Å². The van der Waals surface area contributed by atoms with E-state index in [4.69, 9.17) is 13.3 Å². The SMILES string of the molecule is CCCCCCCCCC[N+](C)(CCCCCCCCCC)CCC[Si](OCCN(CCO)CCS(=O)(=O)[O-])(OCCN(CCO)CCS(=O)(=O)O)OCCN(CCO)CCS(=O)(=O)O. The average Bonchev–Trinajstić information content (AvgIpc) is 3.22. The summed E-state index contributed by atoms with van der Waals surface area (Å²) in [6, 6.07) is 0.348. The molecular weight excluding hydrogens is 925 g/mol. The molecule has 0 heterocycles. The molecule has 0 saturated heterocycles. The highest BCUT2D eigenvalue weighted by Gasteiger charge is 2.42. The Bertz CT molecular complexity index is 1320. The summed E-state index contributed by atoms with van der Waals surface area (Å²) in [5.74, 6) is -1.77. The monoisotopic (exact) mass is 1020 g/mol. The number of nitrogens with zero attached hydrogens (tertiary/aromatic N) is 4. The number of hydrogen-bond donors (Lipinski definition) is 5. The minimum atomic E-state index is -4.53. The first kappa shape index (κ1) is 64.5. The number of quaternary nitrogens is 1. The van der Waals surface area contributed by atoms with E-state index in [1.807, 2.05) is 0 Å². The Morgan fingerprint density at radius 1 is 0.462 bits per heavy atom. The van der Waals surface area contributed by atoms with Crippen molar-refractivity contribution < 1.29 is 72.0 Å². The van der Waals surface area contributed by atoms with E-state index in [9.17, 15) is 54.2 Å². The summed E-state index contributed by atoms with van der Waals surface area (Å²) in [5.41, 5.74) is 0. The van der Waals surface area contributed by atoms with Gasteiger partial charge in [-0.15, -0.1) is 0 Å². The maximum Gasteiger partial charge on any atom is 0.501 e. The first-order chi connectivity index (χ1) is 30.7. The molecule has 0 atom stereocenters. The second-order valence-electron chi connectivity index (χ2n) is 17.6. The second-order valence-corrected chi connectivity index (χ2v) is 25.0. The van der Waals surface area contributed by atoms with Crippen molar-refractivity contribution in [1.29, 1.82) is 0 Å². The van der Waals surface area contributed by atoms with Crippen LogP contribution in [0.15, 0.2) is 0 Å². The summed E-state index contributed by atoms with van der Waals surface area (Å²) in [4.78, 5) is 4.84. The molecule has 19 nitrogen and oxygen atoms in total. The van der Waals surface area contributed by atoms with Gasteiger partial charge in [0.25, 0.3) is 20.2 Å². The molecule has 0 unspecified atom stereocenters. The van der Waals surface area contributed by atoms with Crippen molar-refractivity contribution in [3.8, 4) is 0 Å². The smallest absolute Gasteiger partial charge is 0.501 e. The summed E-state index contributed by atoms with van der Waals surface area (Å²) in [5, 5.41) is 29.1. The molecule has 23 heteroatoms. The van der Waals surface area contributed by atoms with Gasteiger partial charge in [0, 0.05) is 71.4 Å². The molecule has 0 aliphatic carbocycles. The van der Waals surface area contributed by atoms with E-state index in [0.29, 0.717) is 12.5 Å². The van der Waals surface area contributed by atoms with Crippen LogP contribution in [0.25, 0.3) is 0 Å². The predicted molar refractivity (Wildman–Crippen MR) is 257 cm³/mol. The van der Waals surface area contributed by atoms with Crippen molar-refractivity contribution in [3.05, 3.63) is 0 Å². The number of rotatable bonds is 49. The molecule has 0 rings (SSSR count). The van der Waals surface area contributed by atoms with Crippen LogP contribution in [0.5, 0.6) is 0 Å². The third kappa shape index (κ3) is 40.0. The van der Waals surface area contributed by atoms with E-state index in [1.54, 1.807) is 14.7 Å². The molecule has 0 aliphatic rings. The van der Waals surface area contributed by atoms with Gasteiger partial charge >= 0.3 is 8.80 Å². The Hall–Kier alpha value is -0.453. The van der Waals surface area contributed by atoms with E-state index < -0.39 is 56.4 Å². The molecule has 5 N–H and O–H groups in total. The first-order valence-corrected chi connectivity index (χ1v) is 31.1. The maximum absolute atomic E-state index is 11.6. The summed E-state index contributed by atoms with van der Waals surface area (Å²) in [6.45, 7) is 6.76. The van der Waals surface area contributed by atoms with Crippen LogP contribution < -0.4 is 0 Å². The molecular formula is C42H92N4O15S3Si. The van der Waals surface area contributed by atoms with Crippen LogP contribution in [0.2, 0.25) is 6.04 Å².